The van der Waals surface area contributed by atoms with Crippen LogP contribution in [0.25, 0.3) is 0 Å². The maximum atomic E-state index is 4.09. The molecule has 0 aliphatic heterocycles. The van der Waals surface area contributed by atoms with Gasteiger partial charge in [0, 0.05) is 17.1 Å². The fraction of sp³-hybridized carbons (Fsp3) is 0.333. The molecular weight excluding hydrogens is 302 g/mol. The van der Waals surface area contributed by atoms with Gasteiger partial charge in [-0.25, -0.2) is 0 Å². The van der Waals surface area contributed by atoms with E-state index in [1.165, 1.54) is 29.8 Å². The van der Waals surface area contributed by atoms with E-state index in [1.807, 2.05) is 6.08 Å². The molecule has 2 rings (SSSR count). The van der Waals surface area contributed by atoms with E-state index in [9.17, 15) is 0 Å². The molecule has 0 amide bonds. The molecule has 132 valence electrons. The normalized spacial score (nSPS) is 20.2. The van der Waals surface area contributed by atoms with Crippen LogP contribution in [0.2, 0.25) is 0 Å². The molecule has 0 aromatic heterocycles. The van der Waals surface area contributed by atoms with Crippen molar-refractivity contribution < 1.29 is 0 Å². The van der Waals surface area contributed by atoms with Gasteiger partial charge in [-0.2, -0.15) is 0 Å². The summed E-state index contributed by atoms with van der Waals surface area (Å²) in [6.07, 6.45) is 30.8. The maximum Gasteiger partial charge on any atom is 0.0486 e. The Labute approximate surface area is 153 Å². The highest BCUT2D eigenvalue weighted by atomic mass is 15.2. The van der Waals surface area contributed by atoms with Gasteiger partial charge in [-0.3, -0.25) is 0 Å². The summed E-state index contributed by atoms with van der Waals surface area (Å²) in [6.45, 7) is 8.34. The van der Waals surface area contributed by atoms with Crippen LogP contribution in [0.5, 0.6) is 0 Å². The summed E-state index contributed by atoms with van der Waals surface area (Å²) >= 11 is 0. The van der Waals surface area contributed by atoms with E-state index in [0.717, 1.165) is 31.4 Å². The summed E-state index contributed by atoms with van der Waals surface area (Å²) in [4.78, 5) is 2.39. The SMILES string of the molecule is C=CC(=CC=CCC)N(C1=CC=CCC1)C(C=CC)=C1C=CCCC1. The van der Waals surface area contributed by atoms with Crippen molar-refractivity contribution >= 4 is 0 Å². The van der Waals surface area contributed by atoms with E-state index >= 15 is 0 Å². The molecule has 0 unspecified atom stereocenters. The average molecular weight is 334 g/mol. The Kier molecular flexibility index (Phi) is 8.04. The van der Waals surface area contributed by atoms with Gasteiger partial charge in [0.1, 0.15) is 0 Å². The smallest absolute Gasteiger partial charge is 0.0486 e. The number of nitrogens with zero attached hydrogens (tertiary/aromatic N) is 1. The summed E-state index contributed by atoms with van der Waals surface area (Å²) < 4.78 is 0. The highest BCUT2D eigenvalue weighted by Gasteiger charge is 2.19. The first kappa shape index (κ1) is 19.1. The van der Waals surface area contributed by atoms with E-state index in [0.29, 0.717) is 0 Å². The third-order valence-corrected chi connectivity index (χ3v) is 4.42. The zero-order chi connectivity index (χ0) is 17.9. The maximum absolute atomic E-state index is 4.09. The Morgan fingerprint density at radius 1 is 1.24 bits per heavy atom. The zero-order valence-electron chi connectivity index (χ0n) is 15.7. The molecular formula is C24H31N. The fourth-order valence-corrected chi connectivity index (χ4v) is 3.19. The first-order valence-corrected chi connectivity index (χ1v) is 9.49. The lowest BCUT2D eigenvalue weighted by atomic mass is 9.97. The van der Waals surface area contributed by atoms with E-state index in [-0.39, 0.29) is 0 Å². The van der Waals surface area contributed by atoms with Gasteiger partial charge in [0.15, 0.2) is 0 Å². The fourth-order valence-electron chi connectivity index (χ4n) is 3.19. The molecule has 0 radical (unpaired) electrons. The van der Waals surface area contributed by atoms with E-state index < -0.39 is 0 Å². The van der Waals surface area contributed by atoms with Crippen LogP contribution in [0.3, 0.4) is 0 Å². The topological polar surface area (TPSA) is 3.24 Å². The van der Waals surface area contributed by atoms with Crippen molar-refractivity contribution in [2.24, 2.45) is 0 Å². The van der Waals surface area contributed by atoms with Gasteiger partial charge in [0.2, 0.25) is 0 Å². The molecule has 0 heterocycles. The molecule has 0 spiro atoms. The molecule has 25 heavy (non-hydrogen) atoms. The first-order chi connectivity index (χ1) is 12.3. The summed E-state index contributed by atoms with van der Waals surface area (Å²) in [6, 6.07) is 0. The Bertz CT molecular complexity index is 662. The van der Waals surface area contributed by atoms with Gasteiger partial charge in [0.25, 0.3) is 0 Å². The molecule has 1 heteroatoms. The van der Waals surface area contributed by atoms with Crippen LogP contribution in [0.4, 0.5) is 0 Å². The van der Waals surface area contributed by atoms with Gasteiger partial charge in [-0.05, 0) is 75.3 Å². The Morgan fingerprint density at radius 2 is 2.12 bits per heavy atom. The molecule has 0 bridgehead atoms. The van der Waals surface area contributed by atoms with Crippen LogP contribution in [0.15, 0.2) is 96.1 Å². The lowest BCUT2D eigenvalue weighted by Gasteiger charge is -2.32. The molecule has 0 fully saturated rings. The highest BCUT2D eigenvalue weighted by molar-refractivity contribution is 5.43. The van der Waals surface area contributed by atoms with Crippen LogP contribution in [-0.4, -0.2) is 4.90 Å². The largest absolute Gasteiger partial charge is 0.314 e. The molecule has 0 atom stereocenters. The highest BCUT2D eigenvalue weighted by Crippen LogP contribution is 2.32. The van der Waals surface area contributed by atoms with Gasteiger partial charge in [-0.1, -0.05) is 56.0 Å². The molecule has 0 saturated heterocycles. The van der Waals surface area contributed by atoms with Crippen LogP contribution in [0.1, 0.15) is 52.4 Å². The molecule has 2 aliphatic carbocycles. The summed E-state index contributed by atoms with van der Waals surface area (Å²) in [7, 11) is 0. The second-order valence-electron chi connectivity index (χ2n) is 6.30. The van der Waals surface area contributed by atoms with Crippen molar-refractivity contribution in [3.05, 3.63) is 96.1 Å². The first-order valence-electron chi connectivity index (χ1n) is 9.49. The summed E-state index contributed by atoms with van der Waals surface area (Å²) in [5.41, 5.74) is 5.15. The van der Waals surface area contributed by atoms with Crippen LogP contribution in [0, 0.1) is 0 Å². The number of allylic oxidation sites excluding steroid dienone is 13. The van der Waals surface area contributed by atoms with Crippen molar-refractivity contribution in [1.29, 1.82) is 0 Å². The summed E-state index contributed by atoms with van der Waals surface area (Å²) in [5, 5.41) is 0. The van der Waals surface area contributed by atoms with Crippen LogP contribution < -0.4 is 0 Å². The van der Waals surface area contributed by atoms with Crippen LogP contribution in [-0.2, 0) is 0 Å². The average Bonchev–Trinajstić information content (AvgIpc) is 2.68. The lowest BCUT2D eigenvalue weighted by molar-refractivity contribution is 0.520. The van der Waals surface area contributed by atoms with Crippen molar-refractivity contribution in [3.63, 3.8) is 0 Å². The second kappa shape index (κ2) is 10.6. The van der Waals surface area contributed by atoms with Crippen molar-refractivity contribution in [1.82, 2.24) is 4.90 Å². The third-order valence-electron chi connectivity index (χ3n) is 4.42. The Balaban J connectivity index is 2.57. The predicted octanol–water partition coefficient (Wildman–Crippen LogP) is 7.13. The number of hydrogen-bond acceptors (Lipinski definition) is 1. The van der Waals surface area contributed by atoms with Gasteiger partial charge in [0.05, 0.1) is 0 Å². The molecule has 0 aromatic rings. The van der Waals surface area contributed by atoms with Gasteiger partial charge in [-0.15, -0.1) is 0 Å². The molecule has 2 aliphatic rings. The predicted molar refractivity (Wildman–Crippen MR) is 111 cm³/mol. The van der Waals surface area contributed by atoms with Crippen molar-refractivity contribution in [2.45, 2.75) is 52.4 Å². The molecule has 0 aromatic carbocycles. The quantitative estimate of drug-likeness (QED) is 0.448. The standard InChI is InChI=1S/C24H31N/c1-4-7-10-18-22(6-3)25(23-19-13-9-14-20-23)24(15-5-2)21-16-11-8-12-17-21/h5-7,9-11,13,15-16,18-19H,3-4,8,12,14,17,20H2,1-2H3. The molecule has 0 N–H and O–H groups in total. The monoisotopic (exact) mass is 333 g/mol. The van der Waals surface area contributed by atoms with E-state index in [4.69, 9.17) is 0 Å². The van der Waals surface area contributed by atoms with Crippen molar-refractivity contribution in [3.8, 4) is 0 Å². The van der Waals surface area contributed by atoms with Gasteiger partial charge >= 0.3 is 0 Å². The second-order valence-corrected chi connectivity index (χ2v) is 6.30. The van der Waals surface area contributed by atoms with E-state index in [2.05, 4.69) is 86.1 Å². The van der Waals surface area contributed by atoms with Crippen molar-refractivity contribution in [2.75, 3.05) is 0 Å². The van der Waals surface area contributed by atoms with Gasteiger partial charge < -0.3 is 4.90 Å². The minimum atomic E-state index is 1.04. The lowest BCUT2D eigenvalue weighted by Crippen LogP contribution is -2.22. The Hall–Kier alpha value is -2.28. The summed E-state index contributed by atoms with van der Waals surface area (Å²) in [5.74, 6) is 0. The Morgan fingerprint density at radius 3 is 2.72 bits per heavy atom. The van der Waals surface area contributed by atoms with E-state index in [1.54, 1.807) is 0 Å². The number of rotatable bonds is 7. The number of hydrogen-bond donors (Lipinski definition) is 0. The molecule has 1 nitrogen and oxygen atoms in total. The third kappa shape index (κ3) is 5.35. The minimum Gasteiger partial charge on any atom is -0.314 e. The molecule has 0 saturated carbocycles. The zero-order valence-corrected chi connectivity index (χ0v) is 15.7. The van der Waals surface area contributed by atoms with Crippen LogP contribution >= 0.6 is 0 Å². The minimum absolute atomic E-state index is 1.04.